The highest BCUT2D eigenvalue weighted by Crippen LogP contribution is 2.38. The van der Waals surface area contributed by atoms with Crippen LogP contribution in [0.5, 0.6) is 23.0 Å². The van der Waals surface area contributed by atoms with E-state index in [0.717, 1.165) is 91.1 Å². The van der Waals surface area contributed by atoms with Crippen LogP contribution in [0, 0.1) is 6.92 Å². The summed E-state index contributed by atoms with van der Waals surface area (Å²) in [4.78, 5) is 22.9. The lowest BCUT2D eigenvalue weighted by Gasteiger charge is -2.14. The number of esters is 1. The third-order valence-electron chi connectivity index (χ3n) is 12.1. The van der Waals surface area contributed by atoms with Crippen LogP contribution in [0.25, 0.3) is 17.2 Å². The van der Waals surface area contributed by atoms with Gasteiger partial charge in [0.1, 0.15) is 23.0 Å². The van der Waals surface area contributed by atoms with Crippen molar-refractivity contribution in [3.63, 3.8) is 0 Å². The molecule has 0 bridgehead atoms. The number of fused-ring (bicyclic) bond motifs is 2. The van der Waals surface area contributed by atoms with Crippen molar-refractivity contribution in [3.8, 4) is 23.0 Å². The second-order valence-electron chi connectivity index (χ2n) is 16.2. The van der Waals surface area contributed by atoms with Gasteiger partial charge in [-0.15, -0.1) is 0 Å². The summed E-state index contributed by atoms with van der Waals surface area (Å²) in [6.07, 6.45) is 12.1. The smallest absolute Gasteiger partial charge is 0.337 e. The molecule has 2 aliphatic carbocycles. The van der Waals surface area contributed by atoms with Crippen LogP contribution in [-0.4, -0.2) is 52.6 Å². The van der Waals surface area contributed by atoms with Gasteiger partial charge < -0.3 is 28.8 Å². The van der Waals surface area contributed by atoms with E-state index in [1.54, 1.807) is 34.5 Å². The van der Waals surface area contributed by atoms with E-state index in [1.165, 1.54) is 62.8 Å². The predicted molar refractivity (Wildman–Crippen MR) is 254 cm³/mol. The van der Waals surface area contributed by atoms with Gasteiger partial charge in [-0.05, 0) is 173 Å². The van der Waals surface area contributed by atoms with E-state index in [1.807, 2.05) is 67.6 Å². The zero-order chi connectivity index (χ0) is 45.2. The van der Waals surface area contributed by atoms with Crippen LogP contribution in [0.2, 0.25) is 0 Å². The monoisotopic (exact) mass is 856 g/mol. The normalized spacial score (nSPS) is 13.0. The molecular weight excluding hydrogens is 801 g/mol. The van der Waals surface area contributed by atoms with Crippen LogP contribution >= 0.6 is 0 Å². The Bertz CT molecular complexity index is 2660. The summed E-state index contributed by atoms with van der Waals surface area (Å²) in [5, 5.41) is 9.26. The minimum atomic E-state index is -0.876. The Balaban J connectivity index is 0.000000191. The third kappa shape index (κ3) is 10.8. The van der Waals surface area contributed by atoms with Gasteiger partial charge in [0.15, 0.2) is 0 Å². The fraction of sp³-hybridized carbons (Fsp3) is 0.250. The highest BCUT2D eigenvalue weighted by Gasteiger charge is 2.21. The SMILES string of the molecule is COC(=O)c1ccc(CCc2cccc3c2C(Cc2cc(OC)cc(OC)c2)=CC3)cc1.COc1cc(C=C2CCc3cccc(CCc4ccc(C(=O)O)c(C)c4)c32)cc(OC)c1. The number of aromatic carboxylic acids is 1. The average molecular weight is 857 g/mol. The van der Waals surface area contributed by atoms with Crippen LogP contribution in [-0.2, 0) is 49.7 Å². The molecule has 6 aromatic rings. The van der Waals surface area contributed by atoms with Crippen molar-refractivity contribution >= 4 is 29.2 Å². The van der Waals surface area contributed by atoms with Gasteiger partial charge >= 0.3 is 11.9 Å². The van der Waals surface area contributed by atoms with Gasteiger partial charge in [-0.25, -0.2) is 9.59 Å². The first kappa shape index (κ1) is 45.0. The maximum atomic E-state index is 11.7. The molecule has 328 valence electrons. The molecule has 8 heteroatoms. The van der Waals surface area contributed by atoms with E-state index >= 15 is 0 Å². The molecule has 2 aliphatic rings. The van der Waals surface area contributed by atoms with Crippen molar-refractivity contribution in [2.75, 3.05) is 35.5 Å². The molecule has 64 heavy (non-hydrogen) atoms. The Kier molecular flexibility index (Phi) is 14.7. The van der Waals surface area contributed by atoms with Crippen molar-refractivity contribution in [1.82, 2.24) is 0 Å². The van der Waals surface area contributed by atoms with E-state index < -0.39 is 5.97 Å². The summed E-state index contributed by atoms with van der Waals surface area (Å²) in [6.45, 7) is 1.86. The first-order chi connectivity index (χ1) is 31.1. The minimum Gasteiger partial charge on any atom is -0.497 e. The standard InChI is InChI=1S/2C28H28O4/c1-30-25-16-20(17-26(18-25)31-2)15-24-14-13-22-6-4-5-21(27(22)24)10-7-19-8-11-23(12-9-19)28(29)32-3;1-18-13-19(8-12-26(18)28(29)30)7-9-21-5-4-6-22-10-11-23(27(21)22)14-20-15-24(31-2)17-25(16-20)32-3/h4-6,8-9,11-12,14,16-18H,7,10,13,15H2,1-3H3;4-6,8,12-17H,7,9-11H2,1-3H3,(H,29,30). The number of carboxylic acids is 1. The Morgan fingerprint density at radius 3 is 1.77 bits per heavy atom. The quantitative estimate of drug-likeness (QED) is 0.102. The van der Waals surface area contributed by atoms with Gasteiger partial charge in [0.2, 0.25) is 0 Å². The molecule has 0 radical (unpaired) electrons. The molecule has 1 N–H and O–H groups in total. The molecule has 0 atom stereocenters. The topological polar surface area (TPSA) is 101 Å². The molecule has 0 saturated carbocycles. The number of carbonyl (C=O) groups is 2. The molecule has 0 aromatic heterocycles. The Hall–Kier alpha value is -7.06. The van der Waals surface area contributed by atoms with Gasteiger partial charge in [-0.2, -0.15) is 0 Å². The second kappa shape index (κ2) is 20.9. The number of carbonyl (C=O) groups excluding carboxylic acids is 1. The van der Waals surface area contributed by atoms with Crippen LogP contribution in [0.3, 0.4) is 0 Å². The van der Waals surface area contributed by atoms with Crippen LogP contribution in [0.4, 0.5) is 0 Å². The number of rotatable bonds is 15. The molecule has 8 nitrogen and oxygen atoms in total. The first-order valence-electron chi connectivity index (χ1n) is 21.7. The van der Waals surface area contributed by atoms with Gasteiger partial charge in [0.25, 0.3) is 0 Å². The van der Waals surface area contributed by atoms with Crippen molar-refractivity contribution in [2.45, 2.75) is 58.3 Å². The molecular formula is C56H56O8. The zero-order valence-electron chi connectivity index (χ0n) is 37.6. The zero-order valence-corrected chi connectivity index (χ0v) is 37.6. The van der Waals surface area contributed by atoms with E-state index in [-0.39, 0.29) is 5.97 Å². The first-order valence-corrected chi connectivity index (χ1v) is 21.7. The summed E-state index contributed by atoms with van der Waals surface area (Å²) in [7, 11) is 8.09. The van der Waals surface area contributed by atoms with Crippen LogP contribution < -0.4 is 18.9 Å². The van der Waals surface area contributed by atoms with Gasteiger partial charge in [0, 0.05) is 12.1 Å². The molecule has 0 aliphatic heterocycles. The number of ether oxygens (including phenoxy) is 5. The molecule has 0 fully saturated rings. The van der Waals surface area contributed by atoms with E-state index in [0.29, 0.717) is 11.1 Å². The maximum Gasteiger partial charge on any atom is 0.337 e. The van der Waals surface area contributed by atoms with Gasteiger partial charge in [-0.3, -0.25) is 0 Å². The van der Waals surface area contributed by atoms with Gasteiger partial charge in [0.05, 0.1) is 46.7 Å². The van der Waals surface area contributed by atoms with Crippen molar-refractivity contribution in [1.29, 1.82) is 0 Å². The average Bonchev–Trinajstić information content (AvgIpc) is 3.94. The van der Waals surface area contributed by atoms with Crippen LogP contribution in [0.15, 0.2) is 121 Å². The number of methoxy groups -OCH3 is 5. The molecule has 0 unspecified atom stereocenters. The minimum absolute atomic E-state index is 0.304. The highest BCUT2D eigenvalue weighted by atomic mass is 16.5. The lowest BCUT2D eigenvalue weighted by molar-refractivity contribution is 0.0599. The Morgan fingerprint density at radius 1 is 0.594 bits per heavy atom. The molecule has 0 heterocycles. The number of aryl methyl sites for hydroxylation is 6. The number of hydrogen-bond acceptors (Lipinski definition) is 7. The largest absolute Gasteiger partial charge is 0.497 e. The third-order valence-corrected chi connectivity index (χ3v) is 12.1. The molecule has 0 saturated heterocycles. The summed E-state index contributed by atoms with van der Waals surface area (Å²) < 4.78 is 26.5. The van der Waals surface area contributed by atoms with E-state index in [2.05, 4.69) is 60.7 Å². The van der Waals surface area contributed by atoms with E-state index in [9.17, 15) is 14.7 Å². The summed E-state index contributed by atoms with van der Waals surface area (Å²) >= 11 is 0. The van der Waals surface area contributed by atoms with Gasteiger partial charge in [-0.1, -0.05) is 72.8 Å². The summed E-state index contributed by atoms with van der Waals surface area (Å²) in [5.41, 5.74) is 17.2. The lowest BCUT2D eigenvalue weighted by Crippen LogP contribution is -2.02. The molecule has 0 spiro atoms. The Labute approximate surface area is 376 Å². The molecule has 6 aromatic carbocycles. The number of allylic oxidation sites excluding steroid dienone is 3. The fourth-order valence-electron chi connectivity index (χ4n) is 8.87. The molecule has 8 rings (SSSR count). The van der Waals surface area contributed by atoms with Crippen molar-refractivity contribution in [2.24, 2.45) is 0 Å². The van der Waals surface area contributed by atoms with Crippen molar-refractivity contribution < 1.29 is 38.4 Å². The number of carboxylic acid groups (broad SMARTS) is 1. The van der Waals surface area contributed by atoms with Crippen LogP contribution in [0.1, 0.15) is 88.3 Å². The second-order valence-corrected chi connectivity index (χ2v) is 16.2. The van der Waals surface area contributed by atoms with E-state index in [4.69, 9.17) is 23.7 Å². The van der Waals surface area contributed by atoms with Crippen molar-refractivity contribution in [3.05, 3.63) is 194 Å². The summed E-state index contributed by atoms with van der Waals surface area (Å²) in [5.74, 6) is 2.00. The predicted octanol–water partition coefficient (Wildman–Crippen LogP) is 11.4. The molecule has 0 amide bonds. The summed E-state index contributed by atoms with van der Waals surface area (Å²) in [6, 6.07) is 38.5. The highest BCUT2D eigenvalue weighted by molar-refractivity contribution is 5.90. The fourth-order valence-corrected chi connectivity index (χ4v) is 8.87. The lowest BCUT2D eigenvalue weighted by atomic mass is 9.91. The maximum absolute atomic E-state index is 11.7. The number of hydrogen-bond donors (Lipinski definition) is 1. The number of benzene rings is 6. The Morgan fingerprint density at radius 2 is 1.17 bits per heavy atom.